The maximum atomic E-state index is 13.2. The Morgan fingerprint density at radius 2 is 2.04 bits per heavy atom. The van der Waals surface area contributed by atoms with Crippen LogP contribution in [0.3, 0.4) is 0 Å². The van der Waals surface area contributed by atoms with Crippen molar-refractivity contribution in [3.8, 4) is 5.75 Å². The van der Waals surface area contributed by atoms with Gasteiger partial charge in [0, 0.05) is 25.3 Å². The van der Waals surface area contributed by atoms with Crippen LogP contribution in [-0.2, 0) is 16.8 Å². The van der Waals surface area contributed by atoms with Gasteiger partial charge in [0.2, 0.25) is 5.91 Å². The fourth-order valence-corrected chi connectivity index (χ4v) is 3.66. The van der Waals surface area contributed by atoms with E-state index < -0.39 is 5.41 Å². The summed E-state index contributed by atoms with van der Waals surface area (Å²) in [5.41, 5.74) is 6.14. The van der Waals surface area contributed by atoms with Gasteiger partial charge in [-0.05, 0) is 51.1 Å². The van der Waals surface area contributed by atoms with Crippen molar-refractivity contribution in [3.63, 3.8) is 0 Å². The smallest absolute Gasteiger partial charge is 0.232 e. The fourth-order valence-electron chi connectivity index (χ4n) is 3.66. The van der Waals surface area contributed by atoms with Gasteiger partial charge in [0.15, 0.2) is 0 Å². The highest BCUT2D eigenvalue weighted by Crippen LogP contribution is 2.29. The third-order valence-electron chi connectivity index (χ3n) is 5.54. The zero-order valence-corrected chi connectivity index (χ0v) is 17.1. The molecule has 3 rings (SSSR count). The zero-order valence-electron chi connectivity index (χ0n) is 17.1. The number of nitrogens with zero attached hydrogens (tertiary/aromatic N) is 4. The van der Waals surface area contributed by atoms with Crippen LogP contribution in [0.1, 0.15) is 31.7 Å². The van der Waals surface area contributed by atoms with Crippen molar-refractivity contribution in [1.29, 1.82) is 0 Å². The molecule has 1 fully saturated rings. The van der Waals surface area contributed by atoms with Gasteiger partial charge in [-0.2, -0.15) is 0 Å². The number of hydrogen-bond donors (Lipinski definition) is 1. The second kappa shape index (κ2) is 8.14. The molecule has 7 heteroatoms. The first-order chi connectivity index (χ1) is 13.3. The van der Waals surface area contributed by atoms with Crippen molar-refractivity contribution < 1.29 is 9.53 Å². The molecule has 1 aliphatic heterocycles. The minimum absolute atomic E-state index is 0.147. The van der Waals surface area contributed by atoms with Crippen molar-refractivity contribution in [2.24, 2.45) is 0 Å². The van der Waals surface area contributed by atoms with Crippen molar-refractivity contribution in [2.75, 3.05) is 33.0 Å². The predicted octanol–water partition coefficient (Wildman–Crippen LogP) is 2.08. The van der Waals surface area contributed by atoms with Crippen LogP contribution >= 0.6 is 0 Å². The SMILES string of the molecule is COc1ccc(C(C)(C)C(=O)N2CC[C@@H](N(C)Cc3nccc(N)n3)C2)cc1. The Balaban J connectivity index is 1.63. The molecule has 0 unspecified atom stereocenters. The molecule has 1 amide bonds. The number of carbonyl (C=O) groups excluding carboxylic acids is 1. The number of likely N-dealkylation sites (N-methyl/N-ethyl adjacent to an activating group) is 1. The lowest BCUT2D eigenvalue weighted by Crippen LogP contribution is -2.44. The molecular formula is C21H29N5O2. The lowest BCUT2D eigenvalue weighted by Gasteiger charge is -2.30. The summed E-state index contributed by atoms with van der Waals surface area (Å²) in [6.07, 6.45) is 2.61. The topological polar surface area (TPSA) is 84.6 Å². The molecule has 1 saturated heterocycles. The highest BCUT2D eigenvalue weighted by Gasteiger charge is 2.38. The van der Waals surface area contributed by atoms with Crippen molar-refractivity contribution in [3.05, 3.63) is 47.9 Å². The van der Waals surface area contributed by atoms with Crippen LogP contribution < -0.4 is 10.5 Å². The summed E-state index contributed by atoms with van der Waals surface area (Å²) in [7, 11) is 3.68. The molecule has 7 nitrogen and oxygen atoms in total. The van der Waals surface area contributed by atoms with Gasteiger partial charge in [-0.15, -0.1) is 0 Å². The predicted molar refractivity (Wildman–Crippen MR) is 109 cm³/mol. The number of nitrogens with two attached hydrogens (primary N) is 1. The fraction of sp³-hybridized carbons (Fsp3) is 0.476. The van der Waals surface area contributed by atoms with Gasteiger partial charge in [-0.25, -0.2) is 9.97 Å². The molecule has 0 bridgehead atoms. The Bertz CT molecular complexity index is 822. The van der Waals surface area contributed by atoms with E-state index in [2.05, 4.69) is 14.9 Å². The molecule has 28 heavy (non-hydrogen) atoms. The van der Waals surface area contributed by atoms with Crippen molar-refractivity contribution in [1.82, 2.24) is 19.8 Å². The summed E-state index contributed by atoms with van der Waals surface area (Å²) < 4.78 is 5.22. The quantitative estimate of drug-likeness (QED) is 0.822. The van der Waals surface area contributed by atoms with E-state index in [9.17, 15) is 4.79 Å². The lowest BCUT2D eigenvalue weighted by molar-refractivity contribution is -0.135. The molecule has 1 atom stereocenters. The standard InChI is InChI=1S/C21H29N5O2/c1-21(2,15-5-7-17(28-4)8-6-15)20(27)26-12-10-16(13-26)25(3)14-19-23-11-9-18(22)24-19/h5-9,11,16H,10,12-14H2,1-4H3,(H2,22,23,24)/t16-/m1/s1. The van der Waals surface area contributed by atoms with Gasteiger partial charge in [-0.1, -0.05) is 12.1 Å². The van der Waals surface area contributed by atoms with E-state index in [0.29, 0.717) is 24.7 Å². The van der Waals surface area contributed by atoms with E-state index >= 15 is 0 Å². The van der Waals surface area contributed by atoms with E-state index in [1.807, 2.05) is 50.1 Å². The minimum atomic E-state index is -0.587. The number of methoxy groups -OCH3 is 1. The minimum Gasteiger partial charge on any atom is -0.497 e. The number of carbonyl (C=O) groups is 1. The number of rotatable bonds is 6. The van der Waals surface area contributed by atoms with Gasteiger partial charge in [0.05, 0.1) is 19.1 Å². The second-order valence-electron chi connectivity index (χ2n) is 7.86. The first-order valence-electron chi connectivity index (χ1n) is 9.53. The van der Waals surface area contributed by atoms with Crippen LogP contribution in [0.2, 0.25) is 0 Å². The Morgan fingerprint density at radius 3 is 2.68 bits per heavy atom. The number of likely N-dealkylation sites (tertiary alicyclic amines) is 1. The third kappa shape index (κ3) is 4.25. The normalized spacial score (nSPS) is 17.2. The molecule has 1 aliphatic rings. The second-order valence-corrected chi connectivity index (χ2v) is 7.86. The molecule has 0 aliphatic carbocycles. The summed E-state index contributed by atoms with van der Waals surface area (Å²) in [5.74, 6) is 2.11. The van der Waals surface area contributed by atoms with E-state index in [1.165, 1.54) is 0 Å². The zero-order chi connectivity index (χ0) is 20.3. The van der Waals surface area contributed by atoms with E-state index in [1.54, 1.807) is 19.4 Å². The van der Waals surface area contributed by atoms with Gasteiger partial charge < -0.3 is 15.4 Å². The number of aromatic nitrogens is 2. The molecule has 0 spiro atoms. The summed E-state index contributed by atoms with van der Waals surface area (Å²) in [4.78, 5) is 25.9. The van der Waals surface area contributed by atoms with Crippen LogP contribution in [0, 0.1) is 0 Å². The van der Waals surface area contributed by atoms with Crippen LogP contribution in [0.25, 0.3) is 0 Å². The summed E-state index contributed by atoms with van der Waals surface area (Å²) in [6.45, 7) is 6.03. The molecule has 1 aromatic carbocycles. The van der Waals surface area contributed by atoms with Crippen LogP contribution in [-0.4, -0.2) is 59.0 Å². The highest BCUT2D eigenvalue weighted by molar-refractivity contribution is 5.87. The number of benzene rings is 1. The van der Waals surface area contributed by atoms with Gasteiger partial charge in [0.25, 0.3) is 0 Å². The largest absolute Gasteiger partial charge is 0.497 e. The maximum absolute atomic E-state index is 13.2. The van der Waals surface area contributed by atoms with E-state index in [4.69, 9.17) is 10.5 Å². The number of hydrogen-bond acceptors (Lipinski definition) is 6. The van der Waals surface area contributed by atoms with Crippen molar-refractivity contribution in [2.45, 2.75) is 38.3 Å². The Hall–Kier alpha value is -2.67. The molecule has 150 valence electrons. The number of nitrogen functional groups attached to an aromatic ring is 1. The molecule has 2 heterocycles. The van der Waals surface area contributed by atoms with Crippen molar-refractivity contribution >= 4 is 11.7 Å². The monoisotopic (exact) mass is 383 g/mol. The number of anilines is 1. The van der Waals surface area contributed by atoms with Gasteiger partial charge in [0.1, 0.15) is 17.4 Å². The average molecular weight is 383 g/mol. The molecule has 2 N–H and O–H groups in total. The highest BCUT2D eigenvalue weighted by atomic mass is 16.5. The Labute approximate surface area is 166 Å². The van der Waals surface area contributed by atoms with Crippen LogP contribution in [0.5, 0.6) is 5.75 Å². The first kappa shape index (κ1) is 20.1. The van der Waals surface area contributed by atoms with Gasteiger partial charge in [-0.3, -0.25) is 9.69 Å². The Morgan fingerprint density at radius 1 is 1.32 bits per heavy atom. The molecule has 1 aromatic heterocycles. The molecule has 0 saturated carbocycles. The Kier molecular flexibility index (Phi) is 5.84. The van der Waals surface area contributed by atoms with E-state index in [-0.39, 0.29) is 11.9 Å². The van der Waals surface area contributed by atoms with E-state index in [0.717, 1.165) is 24.3 Å². The summed E-state index contributed by atoms with van der Waals surface area (Å²) in [6, 6.07) is 9.69. The summed E-state index contributed by atoms with van der Waals surface area (Å²) >= 11 is 0. The number of amides is 1. The first-order valence-corrected chi connectivity index (χ1v) is 9.53. The third-order valence-corrected chi connectivity index (χ3v) is 5.54. The van der Waals surface area contributed by atoms with Crippen LogP contribution in [0.15, 0.2) is 36.5 Å². The van der Waals surface area contributed by atoms with Gasteiger partial charge >= 0.3 is 0 Å². The lowest BCUT2D eigenvalue weighted by atomic mass is 9.83. The molecular weight excluding hydrogens is 354 g/mol. The van der Waals surface area contributed by atoms with Crippen LogP contribution in [0.4, 0.5) is 5.82 Å². The number of ether oxygens (including phenoxy) is 1. The summed E-state index contributed by atoms with van der Waals surface area (Å²) in [5, 5.41) is 0. The maximum Gasteiger partial charge on any atom is 0.232 e. The molecule has 0 radical (unpaired) electrons. The molecule has 2 aromatic rings. The average Bonchev–Trinajstić information content (AvgIpc) is 3.17.